The van der Waals surface area contributed by atoms with E-state index in [0.717, 1.165) is 39.4 Å². The zero-order chi connectivity index (χ0) is 13.6. The van der Waals surface area contributed by atoms with Gasteiger partial charge >= 0.3 is 0 Å². The Hall–Kier alpha value is -0.900. The Morgan fingerprint density at radius 1 is 1.15 bits per heavy atom. The molecule has 0 bridgehead atoms. The van der Waals surface area contributed by atoms with Gasteiger partial charge in [0, 0.05) is 32.2 Å². The third-order valence-corrected chi connectivity index (χ3v) is 4.54. The van der Waals surface area contributed by atoms with Gasteiger partial charge in [-0.05, 0) is 30.4 Å². The van der Waals surface area contributed by atoms with Gasteiger partial charge in [0.2, 0.25) is 0 Å². The number of hydrogen-bond donors (Lipinski definition) is 1. The van der Waals surface area contributed by atoms with Crippen LogP contribution in [0.5, 0.6) is 0 Å². The Labute approximate surface area is 122 Å². The summed E-state index contributed by atoms with van der Waals surface area (Å²) in [6.07, 6.45) is 5.19. The Balaban J connectivity index is 1.54. The lowest BCUT2D eigenvalue weighted by molar-refractivity contribution is 0.0381. The van der Waals surface area contributed by atoms with Crippen molar-refractivity contribution in [3.8, 4) is 0 Å². The second-order valence-electron chi connectivity index (χ2n) is 5.91. The zero-order valence-electron chi connectivity index (χ0n) is 12.3. The van der Waals surface area contributed by atoms with Gasteiger partial charge in [-0.3, -0.25) is 4.90 Å². The molecule has 1 aromatic rings. The van der Waals surface area contributed by atoms with Crippen molar-refractivity contribution in [1.29, 1.82) is 0 Å². The van der Waals surface area contributed by atoms with E-state index in [0.29, 0.717) is 6.04 Å². The van der Waals surface area contributed by atoms with Crippen LogP contribution in [0.1, 0.15) is 36.4 Å². The highest BCUT2D eigenvalue weighted by Gasteiger charge is 2.18. The lowest BCUT2D eigenvalue weighted by Gasteiger charge is -2.28. The molecule has 0 spiro atoms. The fourth-order valence-electron chi connectivity index (χ4n) is 3.35. The Morgan fingerprint density at radius 2 is 2.00 bits per heavy atom. The van der Waals surface area contributed by atoms with E-state index in [2.05, 4.69) is 34.5 Å². The van der Waals surface area contributed by atoms with E-state index in [9.17, 15) is 0 Å². The second-order valence-corrected chi connectivity index (χ2v) is 5.91. The van der Waals surface area contributed by atoms with Crippen LogP contribution in [0.15, 0.2) is 24.3 Å². The van der Waals surface area contributed by atoms with Crippen molar-refractivity contribution in [2.45, 2.75) is 31.7 Å². The second kappa shape index (κ2) is 7.21. The van der Waals surface area contributed by atoms with Crippen molar-refractivity contribution >= 4 is 0 Å². The third-order valence-electron chi connectivity index (χ3n) is 4.54. The SMILES string of the molecule is c1ccc2c(c1)CCCCC2NCCN1CCOCC1. The Morgan fingerprint density at radius 3 is 2.90 bits per heavy atom. The van der Waals surface area contributed by atoms with Crippen LogP contribution in [-0.2, 0) is 11.2 Å². The molecule has 1 N–H and O–H groups in total. The molecule has 0 radical (unpaired) electrons. The summed E-state index contributed by atoms with van der Waals surface area (Å²) in [5.41, 5.74) is 3.08. The van der Waals surface area contributed by atoms with Gasteiger partial charge in [-0.1, -0.05) is 30.7 Å². The van der Waals surface area contributed by atoms with Crippen LogP contribution in [0.25, 0.3) is 0 Å². The number of rotatable bonds is 4. The molecule has 110 valence electrons. The molecule has 20 heavy (non-hydrogen) atoms. The summed E-state index contributed by atoms with van der Waals surface area (Å²) in [6, 6.07) is 9.52. The van der Waals surface area contributed by atoms with Crippen molar-refractivity contribution in [2.24, 2.45) is 0 Å². The molecule has 3 rings (SSSR count). The third kappa shape index (κ3) is 3.60. The highest BCUT2D eigenvalue weighted by molar-refractivity contribution is 5.31. The van der Waals surface area contributed by atoms with E-state index in [1.807, 2.05) is 0 Å². The Kier molecular flexibility index (Phi) is 5.06. The van der Waals surface area contributed by atoms with E-state index in [1.165, 1.54) is 31.2 Å². The van der Waals surface area contributed by atoms with E-state index in [-0.39, 0.29) is 0 Å². The monoisotopic (exact) mass is 274 g/mol. The normalized spacial score (nSPS) is 24.1. The first-order chi connectivity index (χ1) is 9.93. The van der Waals surface area contributed by atoms with E-state index in [4.69, 9.17) is 4.74 Å². The molecule has 1 aliphatic heterocycles. The van der Waals surface area contributed by atoms with Crippen LogP contribution in [0, 0.1) is 0 Å². The lowest BCUT2D eigenvalue weighted by atomic mass is 9.99. The number of aryl methyl sites for hydroxylation is 1. The highest BCUT2D eigenvalue weighted by atomic mass is 16.5. The minimum atomic E-state index is 0.551. The van der Waals surface area contributed by atoms with Crippen molar-refractivity contribution in [3.63, 3.8) is 0 Å². The van der Waals surface area contributed by atoms with Crippen molar-refractivity contribution in [1.82, 2.24) is 10.2 Å². The van der Waals surface area contributed by atoms with Gasteiger partial charge < -0.3 is 10.1 Å². The highest BCUT2D eigenvalue weighted by Crippen LogP contribution is 2.28. The molecular formula is C17H26N2O. The van der Waals surface area contributed by atoms with Crippen LogP contribution in [-0.4, -0.2) is 44.3 Å². The summed E-state index contributed by atoms with van der Waals surface area (Å²) in [6.45, 7) is 6.19. The van der Waals surface area contributed by atoms with E-state index < -0.39 is 0 Å². The minimum Gasteiger partial charge on any atom is -0.379 e. The van der Waals surface area contributed by atoms with Crippen molar-refractivity contribution in [2.75, 3.05) is 39.4 Å². The fraction of sp³-hybridized carbons (Fsp3) is 0.647. The Bertz CT molecular complexity index is 415. The van der Waals surface area contributed by atoms with E-state index >= 15 is 0 Å². The molecule has 1 saturated heterocycles. The molecule has 0 amide bonds. The first-order valence-electron chi connectivity index (χ1n) is 8.05. The maximum atomic E-state index is 5.40. The van der Waals surface area contributed by atoms with Crippen LogP contribution in [0.3, 0.4) is 0 Å². The van der Waals surface area contributed by atoms with Crippen molar-refractivity contribution in [3.05, 3.63) is 35.4 Å². The summed E-state index contributed by atoms with van der Waals surface area (Å²) in [5, 5.41) is 3.78. The maximum absolute atomic E-state index is 5.40. The molecule has 1 aliphatic carbocycles. The molecule has 3 heteroatoms. The van der Waals surface area contributed by atoms with Gasteiger partial charge in [0.05, 0.1) is 13.2 Å². The summed E-state index contributed by atoms with van der Waals surface area (Å²) >= 11 is 0. The number of ether oxygens (including phenoxy) is 1. The quantitative estimate of drug-likeness (QED) is 0.853. The average molecular weight is 274 g/mol. The molecule has 0 aromatic heterocycles. The van der Waals surface area contributed by atoms with Gasteiger partial charge in [-0.15, -0.1) is 0 Å². The topological polar surface area (TPSA) is 24.5 Å². The summed E-state index contributed by atoms with van der Waals surface area (Å²) in [5.74, 6) is 0. The molecular weight excluding hydrogens is 248 g/mol. The largest absolute Gasteiger partial charge is 0.379 e. The minimum absolute atomic E-state index is 0.551. The van der Waals surface area contributed by atoms with Crippen LogP contribution >= 0.6 is 0 Å². The molecule has 1 unspecified atom stereocenters. The van der Waals surface area contributed by atoms with Gasteiger partial charge in [0.1, 0.15) is 0 Å². The molecule has 1 atom stereocenters. The number of benzene rings is 1. The average Bonchev–Trinajstić information content (AvgIpc) is 2.71. The standard InChI is InChI=1S/C17H26N2O/c1-3-7-16-15(5-1)6-2-4-8-17(16)18-9-10-19-11-13-20-14-12-19/h1,3,5,7,17-18H,2,4,6,8-14H2. The fourth-order valence-corrected chi connectivity index (χ4v) is 3.35. The van der Waals surface area contributed by atoms with Crippen LogP contribution < -0.4 is 5.32 Å². The van der Waals surface area contributed by atoms with Gasteiger partial charge in [-0.2, -0.15) is 0 Å². The summed E-state index contributed by atoms with van der Waals surface area (Å²) in [7, 11) is 0. The predicted molar refractivity (Wildman–Crippen MR) is 82.0 cm³/mol. The first kappa shape index (κ1) is 14.1. The number of nitrogens with zero attached hydrogens (tertiary/aromatic N) is 1. The smallest absolute Gasteiger partial charge is 0.0594 e. The molecule has 2 aliphatic rings. The molecule has 1 heterocycles. The number of nitrogens with one attached hydrogen (secondary N) is 1. The zero-order valence-corrected chi connectivity index (χ0v) is 12.3. The van der Waals surface area contributed by atoms with E-state index in [1.54, 1.807) is 5.56 Å². The molecule has 1 aromatic carbocycles. The number of hydrogen-bond acceptors (Lipinski definition) is 3. The number of fused-ring (bicyclic) bond motifs is 1. The van der Waals surface area contributed by atoms with Crippen molar-refractivity contribution < 1.29 is 4.74 Å². The molecule has 0 saturated carbocycles. The lowest BCUT2D eigenvalue weighted by Crippen LogP contribution is -2.40. The van der Waals surface area contributed by atoms with Crippen LogP contribution in [0.2, 0.25) is 0 Å². The van der Waals surface area contributed by atoms with Gasteiger partial charge in [0.25, 0.3) is 0 Å². The summed E-state index contributed by atoms with van der Waals surface area (Å²) < 4.78 is 5.40. The van der Waals surface area contributed by atoms with Crippen LogP contribution in [0.4, 0.5) is 0 Å². The maximum Gasteiger partial charge on any atom is 0.0594 e. The predicted octanol–water partition coefficient (Wildman–Crippen LogP) is 2.38. The molecule has 1 fully saturated rings. The summed E-state index contributed by atoms with van der Waals surface area (Å²) in [4.78, 5) is 2.50. The van der Waals surface area contributed by atoms with Gasteiger partial charge in [0.15, 0.2) is 0 Å². The number of morpholine rings is 1. The molecule has 3 nitrogen and oxygen atoms in total. The first-order valence-corrected chi connectivity index (χ1v) is 8.05. The van der Waals surface area contributed by atoms with Gasteiger partial charge in [-0.25, -0.2) is 0 Å².